The van der Waals surface area contributed by atoms with E-state index in [1.807, 2.05) is 18.7 Å². The highest BCUT2D eigenvalue weighted by atomic mass is 15.3. The van der Waals surface area contributed by atoms with Crippen molar-refractivity contribution in [1.82, 2.24) is 24.5 Å². The van der Waals surface area contributed by atoms with Crippen molar-refractivity contribution in [3.8, 4) is 0 Å². The molecule has 0 aliphatic carbocycles. The lowest BCUT2D eigenvalue weighted by atomic mass is 10.1. The summed E-state index contributed by atoms with van der Waals surface area (Å²) in [5, 5.41) is 15.7. The Bertz CT molecular complexity index is 552. The van der Waals surface area contributed by atoms with E-state index in [0.29, 0.717) is 5.92 Å². The molecule has 0 aromatic carbocycles. The molecule has 0 unspecified atom stereocenters. The number of nitrogens with one attached hydrogen (secondary N) is 1. The number of aryl methyl sites for hydroxylation is 2. The number of nitrogen functional groups attached to an aromatic ring is 1. The van der Waals surface area contributed by atoms with Crippen LogP contribution < -0.4 is 11.1 Å². The first-order chi connectivity index (χ1) is 9.00. The molecular weight excluding hydrogens is 242 g/mol. The predicted octanol–water partition coefficient (Wildman–Crippen LogP) is 0.909. The van der Waals surface area contributed by atoms with Crippen molar-refractivity contribution in [1.29, 1.82) is 0 Å². The van der Waals surface area contributed by atoms with Gasteiger partial charge < -0.3 is 15.6 Å². The van der Waals surface area contributed by atoms with Crippen LogP contribution in [0.15, 0.2) is 6.33 Å². The lowest BCUT2D eigenvalue weighted by Gasteiger charge is -2.07. The van der Waals surface area contributed by atoms with Gasteiger partial charge in [-0.25, -0.2) is 0 Å². The fourth-order valence-corrected chi connectivity index (χ4v) is 2.02. The molecule has 0 bridgehead atoms. The first kappa shape index (κ1) is 13.4. The highest BCUT2D eigenvalue weighted by Crippen LogP contribution is 2.27. The minimum absolute atomic E-state index is 0.320. The van der Waals surface area contributed by atoms with E-state index in [-0.39, 0.29) is 0 Å². The molecule has 2 aromatic heterocycles. The highest BCUT2D eigenvalue weighted by molar-refractivity contribution is 5.65. The Morgan fingerprint density at radius 1 is 1.37 bits per heavy atom. The summed E-state index contributed by atoms with van der Waals surface area (Å²) >= 11 is 0. The SMILES string of the molecule is CC(C)c1nn(C)c(NCCc2nncn2C)c1N. The maximum absolute atomic E-state index is 6.12. The number of anilines is 2. The summed E-state index contributed by atoms with van der Waals surface area (Å²) in [5.41, 5.74) is 7.78. The zero-order valence-corrected chi connectivity index (χ0v) is 11.9. The van der Waals surface area contributed by atoms with Gasteiger partial charge in [-0.05, 0) is 5.92 Å². The van der Waals surface area contributed by atoms with Gasteiger partial charge in [0.05, 0.1) is 11.4 Å². The number of aromatic nitrogens is 5. The zero-order valence-electron chi connectivity index (χ0n) is 11.9. The van der Waals surface area contributed by atoms with Gasteiger partial charge >= 0.3 is 0 Å². The van der Waals surface area contributed by atoms with Gasteiger partial charge in [0.2, 0.25) is 0 Å². The minimum Gasteiger partial charge on any atom is -0.394 e. The first-order valence-corrected chi connectivity index (χ1v) is 6.39. The Kier molecular flexibility index (Phi) is 3.73. The van der Waals surface area contributed by atoms with Gasteiger partial charge in [0.25, 0.3) is 0 Å². The number of nitrogens with zero attached hydrogens (tertiary/aromatic N) is 5. The van der Waals surface area contributed by atoms with Gasteiger partial charge in [0, 0.05) is 27.1 Å². The average molecular weight is 263 g/mol. The van der Waals surface area contributed by atoms with Crippen LogP contribution in [0.5, 0.6) is 0 Å². The molecule has 0 fully saturated rings. The monoisotopic (exact) mass is 263 g/mol. The molecule has 2 aromatic rings. The van der Waals surface area contributed by atoms with Crippen LogP contribution in [-0.2, 0) is 20.5 Å². The fraction of sp³-hybridized carbons (Fsp3) is 0.583. The van der Waals surface area contributed by atoms with E-state index in [0.717, 1.165) is 36.0 Å². The van der Waals surface area contributed by atoms with E-state index in [4.69, 9.17) is 5.73 Å². The molecule has 0 spiro atoms. The van der Waals surface area contributed by atoms with Crippen LogP contribution in [0.3, 0.4) is 0 Å². The molecule has 0 saturated heterocycles. The van der Waals surface area contributed by atoms with E-state index in [9.17, 15) is 0 Å². The number of rotatable bonds is 5. The summed E-state index contributed by atoms with van der Waals surface area (Å²) in [6, 6.07) is 0. The molecular formula is C12H21N7. The van der Waals surface area contributed by atoms with Crippen molar-refractivity contribution < 1.29 is 0 Å². The second-order valence-corrected chi connectivity index (χ2v) is 4.96. The Hall–Kier alpha value is -2.05. The summed E-state index contributed by atoms with van der Waals surface area (Å²) in [6.45, 7) is 4.91. The van der Waals surface area contributed by atoms with Gasteiger partial charge in [-0.15, -0.1) is 10.2 Å². The third kappa shape index (κ3) is 2.69. The predicted molar refractivity (Wildman–Crippen MR) is 74.9 cm³/mol. The molecule has 3 N–H and O–H groups in total. The zero-order chi connectivity index (χ0) is 14.0. The van der Waals surface area contributed by atoms with Gasteiger partial charge in [-0.3, -0.25) is 4.68 Å². The van der Waals surface area contributed by atoms with Crippen molar-refractivity contribution in [2.45, 2.75) is 26.2 Å². The minimum atomic E-state index is 0.320. The fourth-order valence-electron chi connectivity index (χ4n) is 2.02. The van der Waals surface area contributed by atoms with Crippen LogP contribution in [0.1, 0.15) is 31.3 Å². The van der Waals surface area contributed by atoms with Gasteiger partial charge in [0.1, 0.15) is 18.0 Å². The van der Waals surface area contributed by atoms with Crippen LogP contribution in [0.25, 0.3) is 0 Å². The third-order valence-corrected chi connectivity index (χ3v) is 3.11. The van der Waals surface area contributed by atoms with Crippen molar-refractivity contribution in [2.75, 3.05) is 17.6 Å². The van der Waals surface area contributed by atoms with Crippen LogP contribution in [0, 0.1) is 0 Å². The van der Waals surface area contributed by atoms with E-state index in [1.165, 1.54) is 0 Å². The maximum atomic E-state index is 6.12. The maximum Gasteiger partial charge on any atom is 0.147 e. The molecule has 19 heavy (non-hydrogen) atoms. The molecule has 0 atom stereocenters. The van der Waals surface area contributed by atoms with E-state index in [1.54, 1.807) is 11.0 Å². The molecule has 0 amide bonds. The van der Waals surface area contributed by atoms with Gasteiger partial charge in [-0.2, -0.15) is 5.10 Å². The average Bonchev–Trinajstić information content (AvgIpc) is 2.87. The summed E-state index contributed by atoms with van der Waals surface area (Å²) in [4.78, 5) is 0. The van der Waals surface area contributed by atoms with Gasteiger partial charge in [0.15, 0.2) is 0 Å². The Balaban J connectivity index is 2.02. The van der Waals surface area contributed by atoms with Crippen LogP contribution in [-0.4, -0.2) is 31.1 Å². The molecule has 2 heterocycles. The number of hydrogen-bond donors (Lipinski definition) is 2. The molecule has 0 aliphatic heterocycles. The second kappa shape index (κ2) is 5.29. The summed E-state index contributed by atoms with van der Waals surface area (Å²) < 4.78 is 3.70. The van der Waals surface area contributed by atoms with E-state index in [2.05, 4.69) is 34.5 Å². The number of hydrogen-bond acceptors (Lipinski definition) is 5. The molecule has 0 aliphatic rings. The molecule has 104 valence electrons. The standard InChI is InChI=1S/C12H21N7/c1-8(2)11-10(13)12(19(4)17-11)14-6-5-9-16-15-7-18(9)3/h7-8,14H,5-6,13H2,1-4H3. The second-order valence-electron chi connectivity index (χ2n) is 4.96. The lowest BCUT2D eigenvalue weighted by Crippen LogP contribution is -2.12. The molecule has 0 saturated carbocycles. The smallest absolute Gasteiger partial charge is 0.147 e. The lowest BCUT2D eigenvalue weighted by molar-refractivity contribution is 0.712. The Labute approximate surface area is 112 Å². The normalized spacial score (nSPS) is 11.2. The van der Waals surface area contributed by atoms with Crippen LogP contribution in [0.4, 0.5) is 11.5 Å². The van der Waals surface area contributed by atoms with Gasteiger partial charge in [-0.1, -0.05) is 13.8 Å². The van der Waals surface area contributed by atoms with Crippen molar-refractivity contribution in [3.05, 3.63) is 17.8 Å². The summed E-state index contributed by atoms with van der Waals surface area (Å²) in [5.74, 6) is 2.13. The largest absolute Gasteiger partial charge is 0.394 e. The summed E-state index contributed by atoms with van der Waals surface area (Å²) in [6.07, 6.45) is 2.49. The van der Waals surface area contributed by atoms with Crippen LogP contribution >= 0.6 is 0 Å². The Morgan fingerprint density at radius 2 is 2.11 bits per heavy atom. The molecule has 7 nitrogen and oxygen atoms in total. The number of nitrogens with two attached hydrogens (primary N) is 1. The quantitative estimate of drug-likeness (QED) is 0.837. The topological polar surface area (TPSA) is 86.6 Å². The van der Waals surface area contributed by atoms with Crippen molar-refractivity contribution in [3.63, 3.8) is 0 Å². The highest BCUT2D eigenvalue weighted by Gasteiger charge is 2.15. The summed E-state index contributed by atoms with van der Waals surface area (Å²) in [7, 11) is 3.83. The Morgan fingerprint density at radius 3 is 2.63 bits per heavy atom. The first-order valence-electron chi connectivity index (χ1n) is 6.39. The molecule has 7 heteroatoms. The van der Waals surface area contributed by atoms with Crippen LogP contribution in [0.2, 0.25) is 0 Å². The molecule has 0 radical (unpaired) electrons. The van der Waals surface area contributed by atoms with Crippen molar-refractivity contribution >= 4 is 11.5 Å². The van der Waals surface area contributed by atoms with Crippen molar-refractivity contribution in [2.24, 2.45) is 14.1 Å². The molecule has 2 rings (SSSR count). The third-order valence-electron chi connectivity index (χ3n) is 3.11. The van der Waals surface area contributed by atoms with E-state index >= 15 is 0 Å². The van der Waals surface area contributed by atoms with E-state index < -0.39 is 0 Å².